The van der Waals surface area contributed by atoms with E-state index in [0.717, 1.165) is 63.5 Å². The summed E-state index contributed by atoms with van der Waals surface area (Å²) < 4.78 is 39.9. The number of hydrogen-bond donors (Lipinski definition) is 4. The third kappa shape index (κ3) is 7.50. The number of aliphatic hydroxyl groups is 4. The van der Waals surface area contributed by atoms with Crippen molar-refractivity contribution in [1.82, 2.24) is 0 Å². The average Bonchev–Trinajstić information content (AvgIpc) is 3.17. The summed E-state index contributed by atoms with van der Waals surface area (Å²) in [4.78, 5) is 0. The summed E-state index contributed by atoms with van der Waals surface area (Å²) in [5.41, 5.74) is -1.07. The van der Waals surface area contributed by atoms with Crippen LogP contribution in [0.5, 0.6) is 0 Å². The smallest absolute Gasteiger partial charge is 0.393 e. The molecule has 0 heterocycles. The van der Waals surface area contributed by atoms with Gasteiger partial charge >= 0.3 is 6.18 Å². The van der Waals surface area contributed by atoms with E-state index in [1.807, 2.05) is 6.08 Å². The average molecular weight is 569 g/mol. The van der Waals surface area contributed by atoms with Crippen molar-refractivity contribution in [3.05, 3.63) is 47.6 Å². The zero-order chi connectivity index (χ0) is 30.1. The van der Waals surface area contributed by atoms with Gasteiger partial charge in [-0.2, -0.15) is 13.2 Å². The Balaban J connectivity index is 1.88. The molecular weight excluding hydrogens is 517 g/mol. The fourth-order valence-corrected chi connectivity index (χ4v) is 7.85. The lowest BCUT2D eigenvalue weighted by atomic mass is 9.55. The van der Waals surface area contributed by atoms with Gasteiger partial charge in [0, 0.05) is 6.42 Å². The van der Waals surface area contributed by atoms with Crippen molar-refractivity contribution >= 4 is 0 Å². The van der Waals surface area contributed by atoms with Crippen LogP contribution in [0.3, 0.4) is 0 Å². The first kappa shape index (κ1) is 33.1. The van der Waals surface area contributed by atoms with Gasteiger partial charge < -0.3 is 20.4 Å². The summed E-state index contributed by atoms with van der Waals surface area (Å²) in [6.07, 6.45) is 8.99. The maximum absolute atomic E-state index is 13.3. The summed E-state index contributed by atoms with van der Waals surface area (Å²) in [5.74, 6) is 0.627. The highest BCUT2D eigenvalue weighted by Crippen LogP contribution is 2.63. The molecule has 4 nitrogen and oxygen atoms in total. The van der Waals surface area contributed by atoms with E-state index >= 15 is 0 Å². The Hall–Kier alpha value is -1.41. The van der Waals surface area contributed by atoms with Gasteiger partial charge in [0.25, 0.3) is 0 Å². The van der Waals surface area contributed by atoms with Crippen molar-refractivity contribution in [1.29, 1.82) is 0 Å². The minimum atomic E-state index is -4.74. The Morgan fingerprint density at radius 2 is 1.70 bits per heavy atom. The molecule has 0 bridgehead atoms. The van der Waals surface area contributed by atoms with Gasteiger partial charge in [0.1, 0.15) is 0 Å². The highest BCUT2D eigenvalue weighted by atomic mass is 19.4. The standard InChI is InChI=1S/C33H51F3O4/c1-22-24(20-25(37)21-27(22)38)12-11-23-10-7-18-31(5)26(23)13-14-28(31)30(4,16-8-15-29(2,3)39)17-9-19-32(6,40)33(34,35)36/h9,11-12,19,25-28,37-40H,1,7-8,10,13-18,20-21H2,2-6H3/b19-9-,23-11+,24-12-/t25-,26?,27+,28?,30?,31+,32?/m1/s1. The minimum absolute atomic E-state index is 0.0188. The van der Waals surface area contributed by atoms with Gasteiger partial charge in [-0.25, -0.2) is 0 Å². The van der Waals surface area contributed by atoms with Crippen LogP contribution in [-0.2, 0) is 0 Å². The quantitative estimate of drug-likeness (QED) is 0.220. The zero-order valence-electron chi connectivity index (χ0n) is 25.0. The number of rotatable bonds is 9. The van der Waals surface area contributed by atoms with Crippen LogP contribution in [0.4, 0.5) is 13.2 Å². The predicted octanol–water partition coefficient (Wildman–Crippen LogP) is 7.33. The summed E-state index contributed by atoms with van der Waals surface area (Å²) in [7, 11) is 0. The first-order chi connectivity index (χ1) is 18.3. The molecular formula is C33H51F3O4. The van der Waals surface area contributed by atoms with Crippen LogP contribution in [0, 0.1) is 22.7 Å². The van der Waals surface area contributed by atoms with Crippen LogP contribution in [0.25, 0.3) is 0 Å². The van der Waals surface area contributed by atoms with Gasteiger partial charge in [-0.1, -0.05) is 50.6 Å². The van der Waals surface area contributed by atoms with Gasteiger partial charge in [0.05, 0.1) is 17.8 Å². The molecule has 0 radical (unpaired) electrons. The van der Waals surface area contributed by atoms with Gasteiger partial charge in [-0.3, -0.25) is 0 Å². The van der Waals surface area contributed by atoms with Gasteiger partial charge in [-0.05, 0) is 118 Å². The molecule has 0 aliphatic heterocycles. The lowest BCUT2D eigenvalue weighted by molar-refractivity contribution is -0.232. The number of aliphatic hydroxyl groups excluding tert-OH is 2. The van der Waals surface area contributed by atoms with E-state index in [2.05, 4.69) is 26.5 Å². The summed E-state index contributed by atoms with van der Waals surface area (Å²) in [6.45, 7) is 12.9. The van der Waals surface area contributed by atoms with E-state index in [-0.39, 0.29) is 16.7 Å². The van der Waals surface area contributed by atoms with Crippen molar-refractivity contribution < 1.29 is 33.6 Å². The number of fused-ring (bicyclic) bond motifs is 1. The van der Waals surface area contributed by atoms with E-state index < -0.39 is 29.6 Å². The Morgan fingerprint density at radius 3 is 2.33 bits per heavy atom. The molecule has 7 heteroatoms. The first-order valence-corrected chi connectivity index (χ1v) is 14.9. The lowest BCUT2D eigenvalue weighted by Gasteiger charge is -2.49. The highest BCUT2D eigenvalue weighted by Gasteiger charge is 2.55. The molecule has 3 aliphatic carbocycles. The molecule has 0 aromatic heterocycles. The van der Waals surface area contributed by atoms with Gasteiger partial charge in [0.2, 0.25) is 0 Å². The van der Waals surface area contributed by atoms with Gasteiger partial charge in [-0.15, -0.1) is 0 Å². The number of allylic oxidation sites excluding steroid dienone is 4. The molecule has 0 aromatic rings. The van der Waals surface area contributed by atoms with E-state index in [4.69, 9.17) is 0 Å². The normalized spacial score (nSPS) is 35.2. The Kier molecular flexibility index (Phi) is 9.98. The van der Waals surface area contributed by atoms with Crippen molar-refractivity contribution in [3.8, 4) is 0 Å². The Bertz CT molecular complexity index is 1000. The summed E-state index contributed by atoms with van der Waals surface area (Å²) in [5, 5.41) is 40.7. The molecule has 0 aromatic carbocycles. The second-order valence-corrected chi connectivity index (χ2v) is 14.2. The van der Waals surface area contributed by atoms with Crippen LogP contribution in [-0.4, -0.2) is 50.0 Å². The summed E-state index contributed by atoms with van der Waals surface area (Å²) in [6, 6.07) is 0. The SMILES string of the molecule is C=C1/C(=C\C=C2/CCC[C@@]3(C)C2CCC3C(C)(C/C=C\C(C)(O)C(F)(F)F)CCCC(C)(C)O)C[C@@H](O)C[C@@H]1O. The second kappa shape index (κ2) is 12.1. The molecule has 40 heavy (non-hydrogen) atoms. The van der Waals surface area contributed by atoms with E-state index in [1.54, 1.807) is 13.8 Å². The van der Waals surface area contributed by atoms with Crippen molar-refractivity contribution in [3.63, 3.8) is 0 Å². The Morgan fingerprint density at radius 1 is 1.02 bits per heavy atom. The van der Waals surface area contributed by atoms with Crippen LogP contribution in [0.15, 0.2) is 47.6 Å². The molecule has 4 N–H and O–H groups in total. The van der Waals surface area contributed by atoms with Crippen molar-refractivity contribution in [2.24, 2.45) is 22.7 Å². The fraction of sp³-hybridized carbons (Fsp3) is 0.758. The maximum atomic E-state index is 13.3. The zero-order valence-corrected chi connectivity index (χ0v) is 25.0. The molecule has 0 spiro atoms. The maximum Gasteiger partial charge on any atom is 0.420 e. The first-order valence-electron chi connectivity index (χ1n) is 14.9. The summed E-state index contributed by atoms with van der Waals surface area (Å²) >= 11 is 0. The van der Waals surface area contributed by atoms with Crippen LogP contribution in [0.1, 0.15) is 105 Å². The largest absolute Gasteiger partial charge is 0.420 e. The van der Waals surface area contributed by atoms with Gasteiger partial charge in [0.15, 0.2) is 5.60 Å². The van der Waals surface area contributed by atoms with Crippen molar-refractivity contribution in [2.45, 2.75) is 135 Å². The number of hydrogen-bond acceptors (Lipinski definition) is 4. The lowest BCUT2D eigenvalue weighted by Crippen LogP contribution is -2.42. The molecule has 3 fully saturated rings. The topological polar surface area (TPSA) is 80.9 Å². The molecule has 3 rings (SSSR count). The highest BCUT2D eigenvalue weighted by molar-refractivity contribution is 5.38. The van der Waals surface area contributed by atoms with E-state index in [9.17, 15) is 33.6 Å². The molecule has 228 valence electrons. The van der Waals surface area contributed by atoms with Crippen LogP contribution < -0.4 is 0 Å². The van der Waals surface area contributed by atoms with Crippen LogP contribution >= 0.6 is 0 Å². The Labute approximate surface area is 238 Å². The molecule has 0 saturated heterocycles. The molecule has 7 atom stereocenters. The minimum Gasteiger partial charge on any atom is -0.393 e. The van der Waals surface area contributed by atoms with Crippen molar-refractivity contribution in [2.75, 3.05) is 0 Å². The number of halogens is 3. The van der Waals surface area contributed by atoms with E-state index in [1.165, 1.54) is 11.6 Å². The fourth-order valence-electron chi connectivity index (χ4n) is 7.85. The molecule has 4 unspecified atom stereocenters. The second-order valence-electron chi connectivity index (χ2n) is 14.2. The third-order valence-corrected chi connectivity index (χ3v) is 10.2. The molecule has 3 aliphatic rings. The van der Waals surface area contributed by atoms with Crippen LogP contribution in [0.2, 0.25) is 0 Å². The van der Waals surface area contributed by atoms with E-state index in [0.29, 0.717) is 37.2 Å². The third-order valence-electron chi connectivity index (χ3n) is 10.2. The monoisotopic (exact) mass is 568 g/mol. The molecule has 3 saturated carbocycles. The molecule has 0 amide bonds. The number of alkyl halides is 3. The predicted molar refractivity (Wildman–Crippen MR) is 153 cm³/mol.